The molecule has 1 heterocycles. The Kier molecular flexibility index (Phi) is 7.58. The number of hydrogen-bond donors (Lipinski definition) is 3. The van der Waals surface area contributed by atoms with Gasteiger partial charge in [0.15, 0.2) is 0 Å². The summed E-state index contributed by atoms with van der Waals surface area (Å²) >= 11 is 1.14. The molecule has 4 aromatic rings. The molecular formula is C24H22N6O4S. The quantitative estimate of drug-likeness (QED) is 0.302. The summed E-state index contributed by atoms with van der Waals surface area (Å²) in [6.45, 7) is 2.46. The summed E-state index contributed by atoms with van der Waals surface area (Å²) in [5.41, 5.74) is 1.97. The van der Waals surface area contributed by atoms with Crippen LogP contribution in [0.25, 0.3) is 5.69 Å². The Morgan fingerprint density at radius 1 is 1.00 bits per heavy atom. The number of hydrogen-bond acceptors (Lipinski definition) is 8. The first-order valence-electron chi connectivity index (χ1n) is 10.7. The predicted molar refractivity (Wildman–Crippen MR) is 132 cm³/mol. The van der Waals surface area contributed by atoms with E-state index in [2.05, 4.69) is 26.2 Å². The van der Waals surface area contributed by atoms with Crippen LogP contribution in [-0.4, -0.2) is 49.5 Å². The van der Waals surface area contributed by atoms with Gasteiger partial charge in [-0.2, -0.15) is 4.68 Å². The fourth-order valence-electron chi connectivity index (χ4n) is 3.13. The highest BCUT2D eigenvalue weighted by Crippen LogP contribution is 2.22. The summed E-state index contributed by atoms with van der Waals surface area (Å²) < 4.78 is 6.88. The van der Waals surface area contributed by atoms with Gasteiger partial charge in [-0.25, -0.2) is 0 Å². The number of tetrazole rings is 1. The van der Waals surface area contributed by atoms with Crippen LogP contribution in [0.2, 0.25) is 0 Å². The second-order valence-corrected chi connectivity index (χ2v) is 8.13. The van der Waals surface area contributed by atoms with E-state index < -0.39 is 0 Å². The minimum atomic E-state index is -0.353. The molecule has 2 amide bonds. The van der Waals surface area contributed by atoms with Crippen molar-refractivity contribution in [1.29, 1.82) is 0 Å². The number of aromatic nitrogens is 4. The number of ether oxygens (including phenoxy) is 1. The maximum Gasteiger partial charge on any atom is 0.257 e. The summed E-state index contributed by atoms with van der Waals surface area (Å²) in [6, 6.07) is 20.2. The van der Waals surface area contributed by atoms with Crippen molar-refractivity contribution in [2.45, 2.75) is 12.1 Å². The van der Waals surface area contributed by atoms with E-state index in [9.17, 15) is 14.7 Å². The van der Waals surface area contributed by atoms with Crippen molar-refractivity contribution in [2.24, 2.45) is 0 Å². The van der Waals surface area contributed by atoms with E-state index in [0.29, 0.717) is 40.1 Å². The van der Waals surface area contributed by atoms with E-state index >= 15 is 0 Å². The number of phenolic OH excluding ortho intramolecular Hbond substituents is 1. The molecule has 178 valence electrons. The molecule has 0 radical (unpaired) electrons. The third-order valence-electron chi connectivity index (χ3n) is 4.74. The maximum absolute atomic E-state index is 12.9. The molecule has 0 fully saturated rings. The van der Waals surface area contributed by atoms with E-state index in [1.165, 1.54) is 16.8 Å². The first-order valence-corrected chi connectivity index (χ1v) is 11.7. The average Bonchev–Trinajstić information content (AvgIpc) is 3.33. The number of aromatic hydroxyl groups is 1. The Morgan fingerprint density at radius 2 is 1.74 bits per heavy atom. The van der Waals surface area contributed by atoms with Gasteiger partial charge in [-0.3, -0.25) is 9.59 Å². The van der Waals surface area contributed by atoms with Gasteiger partial charge in [-0.15, -0.1) is 5.10 Å². The number of phenols is 1. The number of benzene rings is 3. The molecule has 0 atom stereocenters. The van der Waals surface area contributed by atoms with Crippen LogP contribution in [0.5, 0.6) is 11.5 Å². The molecule has 0 spiro atoms. The Morgan fingerprint density at radius 3 is 2.49 bits per heavy atom. The molecule has 3 N–H and O–H groups in total. The number of anilines is 2. The standard InChI is InChI=1S/C24H22N6O4S/c1-2-34-19-13-7-16(8-14-19)25-23(33)20-5-3-4-6-21(20)26-22(32)15-35-24-27-28-29-30(24)17-9-11-18(31)12-10-17/h3-14,31H,2,15H2,1H3,(H,25,33)(H,26,32). The van der Waals surface area contributed by atoms with E-state index in [1.807, 2.05) is 6.92 Å². The van der Waals surface area contributed by atoms with Crippen LogP contribution in [0.15, 0.2) is 78.0 Å². The zero-order valence-corrected chi connectivity index (χ0v) is 19.5. The highest BCUT2D eigenvalue weighted by atomic mass is 32.2. The van der Waals surface area contributed by atoms with Crippen molar-refractivity contribution in [3.63, 3.8) is 0 Å². The Hall–Kier alpha value is -4.38. The Bertz CT molecular complexity index is 1310. The van der Waals surface area contributed by atoms with Crippen LogP contribution >= 0.6 is 11.8 Å². The highest BCUT2D eigenvalue weighted by Gasteiger charge is 2.16. The van der Waals surface area contributed by atoms with Crippen molar-refractivity contribution in [1.82, 2.24) is 20.2 Å². The van der Waals surface area contributed by atoms with Crippen LogP contribution in [0.3, 0.4) is 0 Å². The fraction of sp³-hybridized carbons (Fsp3) is 0.125. The lowest BCUT2D eigenvalue weighted by Crippen LogP contribution is -2.19. The van der Waals surface area contributed by atoms with Gasteiger partial charge >= 0.3 is 0 Å². The van der Waals surface area contributed by atoms with Gasteiger partial charge in [0.05, 0.1) is 29.3 Å². The molecule has 3 aromatic carbocycles. The van der Waals surface area contributed by atoms with Gasteiger partial charge in [-0.05, 0) is 78.0 Å². The normalized spacial score (nSPS) is 10.5. The molecule has 1 aromatic heterocycles. The molecule has 4 rings (SSSR count). The number of para-hydroxylation sites is 1. The Labute approximate surface area is 205 Å². The summed E-state index contributed by atoms with van der Waals surface area (Å²) in [4.78, 5) is 25.5. The SMILES string of the molecule is CCOc1ccc(NC(=O)c2ccccc2NC(=O)CSc2nnnn2-c2ccc(O)cc2)cc1. The zero-order valence-electron chi connectivity index (χ0n) is 18.7. The molecule has 0 unspecified atom stereocenters. The smallest absolute Gasteiger partial charge is 0.257 e. The monoisotopic (exact) mass is 490 g/mol. The molecule has 0 aliphatic heterocycles. The molecule has 0 aliphatic carbocycles. The molecule has 35 heavy (non-hydrogen) atoms. The van der Waals surface area contributed by atoms with Crippen LogP contribution in [-0.2, 0) is 4.79 Å². The van der Waals surface area contributed by atoms with Gasteiger partial charge in [0.2, 0.25) is 11.1 Å². The lowest BCUT2D eigenvalue weighted by atomic mass is 10.1. The minimum absolute atomic E-state index is 0.0211. The molecule has 0 bridgehead atoms. The number of carbonyl (C=O) groups is 2. The number of amides is 2. The van der Waals surface area contributed by atoms with E-state index in [4.69, 9.17) is 4.74 Å². The lowest BCUT2D eigenvalue weighted by Gasteiger charge is -2.12. The molecule has 10 nitrogen and oxygen atoms in total. The predicted octanol–water partition coefficient (Wildman–Crippen LogP) is 3.75. The minimum Gasteiger partial charge on any atom is -0.508 e. The maximum atomic E-state index is 12.9. The van der Waals surface area contributed by atoms with Crippen LogP contribution < -0.4 is 15.4 Å². The van der Waals surface area contributed by atoms with Gasteiger partial charge < -0.3 is 20.5 Å². The average molecular weight is 491 g/mol. The molecular weight excluding hydrogens is 468 g/mol. The Balaban J connectivity index is 1.39. The lowest BCUT2D eigenvalue weighted by molar-refractivity contribution is -0.113. The van der Waals surface area contributed by atoms with Crippen molar-refractivity contribution in [2.75, 3.05) is 23.0 Å². The van der Waals surface area contributed by atoms with Crippen molar-refractivity contribution >= 4 is 35.0 Å². The first-order chi connectivity index (χ1) is 17.0. The van der Waals surface area contributed by atoms with Crippen LogP contribution in [0.1, 0.15) is 17.3 Å². The molecule has 0 saturated carbocycles. The van der Waals surface area contributed by atoms with Gasteiger partial charge in [0.25, 0.3) is 5.91 Å². The summed E-state index contributed by atoms with van der Waals surface area (Å²) in [6.07, 6.45) is 0. The van der Waals surface area contributed by atoms with E-state index in [-0.39, 0.29) is 23.3 Å². The second-order valence-electron chi connectivity index (χ2n) is 7.18. The van der Waals surface area contributed by atoms with Gasteiger partial charge in [-0.1, -0.05) is 23.9 Å². The third-order valence-corrected chi connectivity index (χ3v) is 5.66. The molecule has 0 aliphatic rings. The van der Waals surface area contributed by atoms with Crippen LogP contribution in [0, 0.1) is 0 Å². The fourth-order valence-corrected chi connectivity index (χ4v) is 3.82. The number of nitrogens with one attached hydrogen (secondary N) is 2. The van der Waals surface area contributed by atoms with Gasteiger partial charge in [0.1, 0.15) is 11.5 Å². The largest absolute Gasteiger partial charge is 0.508 e. The number of carbonyl (C=O) groups excluding carboxylic acids is 2. The number of nitrogens with zero attached hydrogens (tertiary/aromatic N) is 4. The topological polar surface area (TPSA) is 131 Å². The number of thioether (sulfide) groups is 1. The van der Waals surface area contributed by atoms with Crippen molar-refractivity contribution < 1.29 is 19.4 Å². The van der Waals surface area contributed by atoms with Gasteiger partial charge in [0, 0.05) is 5.69 Å². The second kappa shape index (κ2) is 11.2. The zero-order chi connectivity index (χ0) is 24.6. The van der Waals surface area contributed by atoms with Crippen molar-refractivity contribution in [3.8, 4) is 17.2 Å². The summed E-state index contributed by atoms with van der Waals surface area (Å²) in [7, 11) is 0. The molecule has 0 saturated heterocycles. The third kappa shape index (κ3) is 6.15. The summed E-state index contributed by atoms with van der Waals surface area (Å²) in [5, 5.41) is 27.0. The van der Waals surface area contributed by atoms with E-state index in [1.54, 1.807) is 60.7 Å². The summed E-state index contributed by atoms with van der Waals surface area (Å²) in [5.74, 6) is 0.186. The van der Waals surface area contributed by atoms with Crippen molar-refractivity contribution in [3.05, 3.63) is 78.4 Å². The highest BCUT2D eigenvalue weighted by molar-refractivity contribution is 7.99. The van der Waals surface area contributed by atoms with Crippen LogP contribution in [0.4, 0.5) is 11.4 Å². The first kappa shape index (κ1) is 23.8. The molecule has 11 heteroatoms. The number of rotatable bonds is 9. The van der Waals surface area contributed by atoms with E-state index in [0.717, 1.165) is 11.8 Å².